The summed E-state index contributed by atoms with van der Waals surface area (Å²) in [7, 11) is 1.23. The van der Waals surface area contributed by atoms with Gasteiger partial charge in [-0.2, -0.15) is 0 Å². The second kappa shape index (κ2) is 8.36. The molecule has 124 valence electrons. The lowest BCUT2D eigenvalue weighted by Gasteiger charge is -2.07. The summed E-state index contributed by atoms with van der Waals surface area (Å²) in [4.78, 5) is 23.3. The first-order chi connectivity index (χ1) is 11.2. The van der Waals surface area contributed by atoms with Gasteiger partial charge >= 0.3 is 11.6 Å². The second-order valence-electron chi connectivity index (χ2n) is 5.40. The van der Waals surface area contributed by atoms with Crippen LogP contribution in [0.25, 0.3) is 11.0 Å². The van der Waals surface area contributed by atoms with Crippen molar-refractivity contribution in [2.24, 2.45) is 0 Å². The van der Waals surface area contributed by atoms with Gasteiger partial charge in [-0.25, -0.2) is 9.59 Å². The lowest BCUT2D eigenvalue weighted by Crippen LogP contribution is -2.14. The highest BCUT2D eigenvalue weighted by atomic mass is 16.5. The SMILES string of the molecule is CCCCCCCOc1ccc2cc(C(=O)OC)c(=O)oc2c1. The smallest absolute Gasteiger partial charge is 0.351 e. The van der Waals surface area contributed by atoms with Crippen LogP contribution in [-0.2, 0) is 4.74 Å². The van der Waals surface area contributed by atoms with Crippen molar-refractivity contribution in [3.05, 3.63) is 40.2 Å². The van der Waals surface area contributed by atoms with Crippen molar-refractivity contribution in [1.29, 1.82) is 0 Å². The van der Waals surface area contributed by atoms with Gasteiger partial charge in [-0.15, -0.1) is 0 Å². The molecule has 0 amide bonds. The van der Waals surface area contributed by atoms with E-state index in [0.29, 0.717) is 23.3 Å². The first kappa shape index (κ1) is 17.1. The van der Waals surface area contributed by atoms with Gasteiger partial charge in [0.1, 0.15) is 16.9 Å². The van der Waals surface area contributed by atoms with Crippen LogP contribution >= 0.6 is 0 Å². The number of benzene rings is 1. The lowest BCUT2D eigenvalue weighted by atomic mass is 10.1. The molecule has 5 nitrogen and oxygen atoms in total. The van der Waals surface area contributed by atoms with Crippen molar-refractivity contribution >= 4 is 16.9 Å². The van der Waals surface area contributed by atoms with Crippen molar-refractivity contribution in [3.8, 4) is 5.75 Å². The topological polar surface area (TPSA) is 65.7 Å². The van der Waals surface area contributed by atoms with Crippen molar-refractivity contribution in [1.82, 2.24) is 0 Å². The molecule has 0 aliphatic heterocycles. The van der Waals surface area contributed by atoms with Crippen LogP contribution in [0.15, 0.2) is 33.5 Å². The summed E-state index contributed by atoms with van der Waals surface area (Å²) in [6.45, 7) is 2.82. The van der Waals surface area contributed by atoms with Gasteiger partial charge in [0.05, 0.1) is 13.7 Å². The highest BCUT2D eigenvalue weighted by molar-refractivity contribution is 5.92. The van der Waals surface area contributed by atoms with Gasteiger partial charge in [0.15, 0.2) is 0 Å². The standard InChI is InChI=1S/C18H22O5/c1-3-4-5-6-7-10-22-14-9-8-13-11-15(17(19)21-2)18(20)23-16(13)12-14/h8-9,11-12H,3-7,10H2,1-2H3. The molecule has 2 rings (SSSR count). The monoisotopic (exact) mass is 318 g/mol. The van der Waals surface area contributed by atoms with E-state index in [4.69, 9.17) is 9.15 Å². The molecule has 5 heteroatoms. The maximum absolute atomic E-state index is 11.8. The molecule has 2 aromatic rings. The van der Waals surface area contributed by atoms with E-state index in [0.717, 1.165) is 12.8 Å². The Labute approximate surface area is 135 Å². The van der Waals surface area contributed by atoms with Crippen LogP contribution in [0.4, 0.5) is 0 Å². The second-order valence-corrected chi connectivity index (χ2v) is 5.40. The zero-order valence-electron chi connectivity index (χ0n) is 13.6. The van der Waals surface area contributed by atoms with E-state index in [9.17, 15) is 9.59 Å². The molecule has 23 heavy (non-hydrogen) atoms. The Morgan fingerprint density at radius 3 is 2.65 bits per heavy atom. The fraction of sp³-hybridized carbons (Fsp3) is 0.444. The third-order valence-electron chi connectivity index (χ3n) is 3.63. The van der Waals surface area contributed by atoms with Gasteiger partial charge in [0.2, 0.25) is 0 Å². The Morgan fingerprint density at radius 1 is 1.13 bits per heavy atom. The summed E-state index contributed by atoms with van der Waals surface area (Å²) in [5.41, 5.74) is -0.420. The largest absolute Gasteiger partial charge is 0.493 e. The molecule has 0 aliphatic rings. The summed E-state index contributed by atoms with van der Waals surface area (Å²) in [6.07, 6.45) is 5.85. The number of unbranched alkanes of at least 4 members (excludes halogenated alkanes) is 4. The molecule has 0 saturated heterocycles. The maximum atomic E-state index is 11.8. The molecule has 1 aromatic carbocycles. The Morgan fingerprint density at radius 2 is 1.91 bits per heavy atom. The summed E-state index contributed by atoms with van der Waals surface area (Å²) in [5.74, 6) is -0.0463. The molecule has 0 radical (unpaired) electrons. The van der Waals surface area contributed by atoms with Gasteiger partial charge < -0.3 is 13.9 Å². The maximum Gasteiger partial charge on any atom is 0.351 e. The van der Waals surface area contributed by atoms with Gasteiger partial charge in [-0.1, -0.05) is 32.6 Å². The summed E-state index contributed by atoms with van der Waals surface area (Å²) in [5, 5.41) is 0.653. The predicted molar refractivity (Wildman–Crippen MR) is 88.1 cm³/mol. The molecule has 1 heterocycles. The van der Waals surface area contributed by atoms with Gasteiger partial charge in [-0.3, -0.25) is 0 Å². The van der Waals surface area contributed by atoms with E-state index in [1.807, 2.05) is 0 Å². The van der Waals surface area contributed by atoms with Crippen LogP contribution in [0.1, 0.15) is 49.4 Å². The molecule has 0 atom stereocenters. The van der Waals surface area contributed by atoms with Crippen LogP contribution in [0.5, 0.6) is 5.75 Å². The van der Waals surface area contributed by atoms with Crippen molar-refractivity contribution in [2.45, 2.75) is 39.0 Å². The van der Waals surface area contributed by atoms with Gasteiger partial charge in [0.25, 0.3) is 0 Å². The number of hydrogen-bond donors (Lipinski definition) is 0. The molecule has 0 N–H and O–H groups in total. The quantitative estimate of drug-likeness (QED) is 0.419. The zero-order chi connectivity index (χ0) is 16.7. The molecular formula is C18H22O5. The normalized spacial score (nSPS) is 10.7. The molecule has 0 spiro atoms. The third kappa shape index (κ3) is 4.58. The number of carbonyl (C=O) groups excluding carboxylic acids is 1. The van der Waals surface area contributed by atoms with E-state index in [-0.39, 0.29) is 5.56 Å². The minimum Gasteiger partial charge on any atom is -0.493 e. The molecule has 0 aliphatic carbocycles. The van der Waals surface area contributed by atoms with Crippen LogP contribution in [0, 0.1) is 0 Å². The molecular weight excluding hydrogens is 296 g/mol. The highest BCUT2D eigenvalue weighted by Gasteiger charge is 2.14. The molecule has 0 saturated carbocycles. The van der Waals surface area contributed by atoms with E-state index < -0.39 is 11.6 Å². The molecule has 1 aromatic heterocycles. The predicted octanol–water partition coefficient (Wildman–Crippen LogP) is 3.93. The number of esters is 1. The third-order valence-corrected chi connectivity index (χ3v) is 3.63. The average Bonchev–Trinajstić information content (AvgIpc) is 2.56. The first-order valence-electron chi connectivity index (χ1n) is 7.94. The van der Waals surface area contributed by atoms with Crippen molar-refractivity contribution < 1.29 is 18.7 Å². The number of ether oxygens (including phenoxy) is 2. The van der Waals surface area contributed by atoms with E-state index in [2.05, 4.69) is 11.7 Å². The van der Waals surface area contributed by atoms with E-state index in [1.54, 1.807) is 18.2 Å². The fourth-order valence-corrected chi connectivity index (χ4v) is 2.33. The average molecular weight is 318 g/mol. The van der Waals surface area contributed by atoms with Crippen LogP contribution in [0.3, 0.4) is 0 Å². The molecule has 0 unspecified atom stereocenters. The Kier molecular flexibility index (Phi) is 6.20. The van der Waals surface area contributed by atoms with E-state index >= 15 is 0 Å². The summed E-state index contributed by atoms with van der Waals surface area (Å²) >= 11 is 0. The minimum absolute atomic E-state index is 0.107. The number of carbonyl (C=O) groups is 1. The Bertz CT molecular complexity index is 717. The van der Waals surface area contributed by atoms with Crippen LogP contribution in [-0.4, -0.2) is 19.7 Å². The Balaban J connectivity index is 2.05. The summed E-state index contributed by atoms with van der Waals surface area (Å²) < 4.78 is 15.4. The number of hydrogen-bond acceptors (Lipinski definition) is 5. The van der Waals surface area contributed by atoms with Crippen molar-refractivity contribution in [2.75, 3.05) is 13.7 Å². The highest BCUT2D eigenvalue weighted by Crippen LogP contribution is 2.21. The van der Waals surface area contributed by atoms with Gasteiger partial charge in [0, 0.05) is 11.5 Å². The number of fused-ring (bicyclic) bond motifs is 1. The van der Waals surface area contributed by atoms with Gasteiger partial charge in [-0.05, 0) is 24.6 Å². The lowest BCUT2D eigenvalue weighted by molar-refractivity contribution is 0.0596. The summed E-state index contributed by atoms with van der Waals surface area (Å²) in [6, 6.07) is 6.71. The number of rotatable bonds is 8. The molecule has 0 fully saturated rings. The zero-order valence-corrected chi connectivity index (χ0v) is 13.6. The minimum atomic E-state index is -0.707. The Hall–Kier alpha value is -2.30. The van der Waals surface area contributed by atoms with E-state index in [1.165, 1.54) is 32.4 Å². The van der Waals surface area contributed by atoms with Crippen LogP contribution < -0.4 is 10.4 Å². The fourth-order valence-electron chi connectivity index (χ4n) is 2.33. The molecule has 0 bridgehead atoms. The van der Waals surface area contributed by atoms with Crippen LogP contribution in [0.2, 0.25) is 0 Å². The first-order valence-corrected chi connectivity index (χ1v) is 7.94. The number of methoxy groups -OCH3 is 1. The van der Waals surface area contributed by atoms with Crippen molar-refractivity contribution in [3.63, 3.8) is 0 Å².